The van der Waals surface area contributed by atoms with Crippen molar-refractivity contribution in [1.82, 2.24) is 5.32 Å². The maximum absolute atomic E-state index is 11.8. The number of anilines is 1. The number of hydrogen-bond acceptors (Lipinski definition) is 2. The fourth-order valence-corrected chi connectivity index (χ4v) is 2.04. The molecule has 0 heterocycles. The second-order valence-electron chi connectivity index (χ2n) is 4.14. The lowest BCUT2D eigenvalue weighted by molar-refractivity contribution is 0.251. The molecule has 0 aromatic heterocycles. The van der Waals surface area contributed by atoms with Gasteiger partial charge in [-0.2, -0.15) is 0 Å². The first kappa shape index (κ1) is 14.4. The minimum Gasteiger partial charge on any atom is -0.497 e. The van der Waals surface area contributed by atoms with Crippen LogP contribution < -0.4 is 15.4 Å². The number of nitrogens with one attached hydrogen (secondary N) is 2. The Kier molecular flexibility index (Phi) is 5.01. The fourth-order valence-electron chi connectivity index (χ4n) is 1.65. The molecule has 0 saturated carbocycles. The van der Waals surface area contributed by atoms with Gasteiger partial charge in [-0.25, -0.2) is 4.79 Å². The first-order chi connectivity index (χ1) is 9.69. The van der Waals surface area contributed by atoms with E-state index in [1.807, 2.05) is 48.5 Å². The lowest BCUT2D eigenvalue weighted by atomic mass is 10.2. The van der Waals surface area contributed by atoms with E-state index in [2.05, 4.69) is 26.6 Å². The number of carbonyl (C=O) groups excluding carboxylic acids is 1. The third-order valence-corrected chi connectivity index (χ3v) is 3.43. The number of ether oxygens (including phenoxy) is 1. The highest BCUT2D eigenvalue weighted by Gasteiger charge is 2.04. The number of halogens is 1. The average Bonchev–Trinajstić information content (AvgIpc) is 2.48. The van der Waals surface area contributed by atoms with Gasteiger partial charge in [-0.3, -0.25) is 0 Å². The summed E-state index contributed by atoms with van der Waals surface area (Å²) in [5.41, 5.74) is 1.74. The summed E-state index contributed by atoms with van der Waals surface area (Å²) in [5, 5.41) is 5.58. The Morgan fingerprint density at radius 3 is 2.50 bits per heavy atom. The first-order valence-corrected chi connectivity index (χ1v) is 6.90. The molecule has 2 aromatic rings. The van der Waals surface area contributed by atoms with E-state index in [0.717, 1.165) is 21.5 Å². The second kappa shape index (κ2) is 6.96. The number of amides is 2. The third kappa shape index (κ3) is 3.99. The van der Waals surface area contributed by atoms with E-state index in [9.17, 15) is 4.79 Å². The van der Waals surface area contributed by atoms with Crippen LogP contribution in [0.5, 0.6) is 5.75 Å². The molecule has 20 heavy (non-hydrogen) atoms. The van der Waals surface area contributed by atoms with E-state index in [4.69, 9.17) is 4.74 Å². The van der Waals surface area contributed by atoms with E-state index >= 15 is 0 Å². The molecule has 0 atom stereocenters. The lowest BCUT2D eigenvalue weighted by Gasteiger charge is -2.09. The Labute approximate surface area is 126 Å². The highest BCUT2D eigenvalue weighted by molar-refractivity contribution is 9.10. The molecule has 0 fully saturated rings. The van der Waals surface area contributed by atoms with Crippen molar-refractivity contribution in [3.8, 4) is 5.75 Å². The molecule has 0 aliphatic heterocycles. The molecule has 0 bridgehead atoms. The highest BCUT2D eigenvalue weighted by atomic mass is 79.9. The van der Waals surface area contributed by atoms with E-state index in [1.165, 1.54) is 0 Å². The molecular weight excluding hydrogens is 320 g/mol. The van der Waals surface area contributed by atoms with Gasteiger partial charge in [0.15, 0.2) is 0 Å². The molecule has 2 amide bonds. The van der Waals surface area contributed by atoms with E-state index < -0.39 is 0 Å². The number of benzene rings is 2. The third-order valence-electron chi connectivity index (χ3n) is 2.73. The van der Waals surface area contributed by atoms with Crippen molar-refractivity contribution in [3.63, 3.8) is 0 Å². The van der Waals surface area contributed by atoms with E-state index in [0.29, 0.717) is 6.54 Å². The number of urea groups is 1. The number of methoxy groups -OCH3 is 1. The standard InChI is InChI=1S/C15H15BrN2O2/c1-20-12-8-6-11(7-9-12)10-17-15(19)18-14-5-3-2-4-13(14)16/h2-9H,10H2,1H3,(H2,17,18,19). The average molecular weight is 335 g/mol. The molecule has 0 spiro atoms. The Hall–Kier alpha value is -2.01. The van der Waals surface area contributed by atoms with Gasteiger partial charge in [0.1, 0.15) is 5.75 Å². The predicted molar refractivity (Wildman–Crippen MR) is 83.0 cm³/mol. The zero-order valence-electron chi connectivity index (χ0n) is 11.0. The van der Waals surface area contributed by atoms with Gasteiger partial charge >= 0.3 is 6.03 Å². The molecule has 2 rings (SSSR count). The lowest BCUT2D eigenvalue weighted by Crippen LogP contribution is -2.28. The minimum atomic E-state index is -0.243. The highest BCUT2D eigenvalue weighted by Crippen LogP contribution is 2.20. The van der Waals surface area contributed by atoms with Crippen molar-refractivity contribution in [2.24, 2.45) is 0 Å². The summed E-state index contributed by atoms with van der Waals surface area (Å²) < 4.78 is 5.93. The quantitative estimate of drug-likeness (QED) is 0.893. The molecule has 5 heteroatoms. The van der Waals surface area contributed by atoms with Gasteiger partial charge in [-0.15, -0.1) is 0 Å². The summed E-state index contributed by atoms with van der Waals surface area (Å²) in [4.78, 5) is 11.8. The first-order valence-electron chi connectivity index (χ1n) is 6.11. The number of hydrogen-bond donors (Lipinski definition) is 2. The molecule has 2 aromatic carbocycles. The van der Waals surface area contributed by atoms with Crippen molar-refractivity contribution in [2.45, 2.75) is 6.54 Å². The number of para-hydroxylation sites is 1. The monoisotopic (exact) mass is 334 g/mol. The largest absolute Gasteiger partial charge is 0.497 e. The van der Waals surface area contributed by atoms with Crippen LogP contribution in [0.25, 0.3) is 0 Å². The minimum absolute atomic E-state index is 0.243. The van der Waals surface area contributed by atoms with Gasteiger partial charge in [0, 0.05) is 11.0 Å². The van der Waals surface area contributed by atoms with Crippen LogP contribution in [0.15, 0.2) is 53.0 Å². The van der Waals surface area contributed by atoms with E-state index in [-0.39, 0.29) is 6.03 Å². The summed E-state index contributed by atoms with van der Waals surface area (Å²) in [6.07, 6.45) is 0. The molecule has 0 saturated heterocycles. The summed E-state index contributed by atoms with van der Waals surface area (Å²) in [5.74, 6) is 0.798. The van der Waals surface area contributed by atoms with Gasteiger partial charge in [-0.05, 0) is 45.8 Å². The molecule has 0 aliphatic carbocycles. The number of rotatable bonds is 4. The molecule has 0 radical (unpaired) electrons. The van der Waals surface area contributed by atoms with Crippen LogP contribution in [-0.2, 0) is 6.54 Å². The molecule has 2 N–H and O–H groups in total. The van der Waals surface area contributed by atoms with Crippen LogP contribution in [0, 0.1) is 0 Å². The molecule has 0 aliphatic rings. The van der Waals surface area contributed by atoms with Crippen LogP contribution in [0.1, 0.15) is 5.56 Å². The topological polar surface area (TPSA) is 50.4 Å². The summed E-state index contributed by atoms with van der Waals surface area (Å²) in [6, 6.07) is 14.8. The van der Waals surface area contributed by atoms with Crippen molar-refractivity contribution in [2.75, 3.05) is 12.4 Å². The van der Waals surface area contributed by atoms with Gasteiger partial charge in [-0.1, -0.05) is 24.3 Å². The van der Waals surface area contributed by atoms with Crippen LogP contribution in [0.4, 0.5) is 10.5 Å². The van der Waals surface area contributed by atoms with E-state index in [1.54, 1.807) is 7.11 Å². The van der Waals surface area contributed by atoms with Crippen LogP contribution in [0.2, 0.25) is 0 Å². The van der Waals surface area contributed by atoms with Crippen LogP contribution >= 0.6 is 15.9 Å². The van der Waals surface area contributed by atoms with Crippen molar-refractivity contribution in [3.05, 3.63) is 58.6 Å². The van der Waals surface area contributed by atoms with Crippen molar-refractivity contribution < 1.29 is 9.53 Å². The molecule has 0 unspecified atom stereocenters. The zero-order valence-corrected chi connectivity index (χ0v) is 12.6. The molecular formula is C15H15BrN2O2. The van der Waals surface area contributed by atoms with Gasteiger partial charge in [0.2, 0.25) is 0 Å². The maximum atomic E-state index is 11.8. The fraction of sp³-hybridized carbons (Fsp3) is 0.133. The summed E-state index contributed by atoms with van der Waals surface area (Å²) in [7, 11) is 1.62. The van der Waals surface area contributed by atoms with Gasteiger partial charge in [0.05, 0.1) is 12.8 Å². The summed E-state index contributed by atoms with van der Waals surface area (Å²) in [6.45, 7) is 0.459. The Morgan fingerprint density at radius 1 is 1.15 bits per heavy atom. The van der Waals surface area contributed by atoms with Gasteiger partial charge < -0.3 is 15.4 Å². The smallest absolute Gasteiger partial charge is 0.319 e. The molecule has 4 nitrogen and oxygen atoms in total. The summed E-state index contributed by atoms with van der Waals surface area (Å²) >= 11 is 3.38. The van der Waals surface area contributed by atoms with Crippen LogP contribution in [0.3, 0.4) is 0 Å². The maximum Gasteiger partial charge on any atom is 0.319 e. The normalized spacial score (nSPS) is 9.90. The predicted octanol–water partition coefficient (Wildman–Crippen LogP) is 3.78. The number of carbonyl (C=O) groups is 1. The Balaban J connectivity index is 1.87. The second-order valence-corrected chi connectivity index (χ2v) is 4.99. The zero-order chi connectivity index (χ0) is 14.4. The van der Waals surface area contributed by atoms with Crippen molar-refractivity contribution in [1.29, 1.82) is 0 Å². The Morgan fingerprint density at radius 2 is 1.85 bits per heavy atom. The molecule has 104 valence electrons. The van der Waals surface area contributed by atoms with Crippen molar-refractivity contribution >= 4 is 27.6 Å². The SMILES string of the molecule is COc1ccc(CNC(=O)Nc2ccccc2Br)cc1. The van der Waals surface area contributed by atoms with Crippen LogP contribution in [-0.4, -0.2) is 13.1 Å². The Bertz CT molecular complexity index is 585. The van der Waals surface area contributed by atoms with Gasteiger partial charge in [0.25, 0.3) is 0 Å².